The molecule has 1 aromatic rings. The summed E-state index contributed by atoms with van der Waals surface area (Å²) in [6.45, 7) is 5.43. The lowest BCUT2D eigenvalue weighted by Crippen LogP contribution is -2.41. The minimum Gasteiger partial charge on any atom is -0.381 e. The Bertz CT molecular complexity index is 505. The van der Waals surface area contributed by atoms with Gasteiger partial charge in [-0.3, -0.25) is 4.79 Å². The van der Waals surface area contributed by atoms with Crippen molar-refractivity contribution in [1.29, 1.82) is 0 Å². The van der Waals surface area contributed by atoms with E-state index in [1.807, 2.05) is 0 Å². The highest BCUT2D eigenvalue weighted by molar-refractivity contribution is 8.02. The van der Waals surface area contributed by atoms with E-state index in [1.54, 1.807) is 11.8 Å². The number of aromatic nitrogens is 2. The molecule has 1 atom stereocenters. The van der Waals surface area contributed by atoms with E-state index < -0.39 is 0 Å². The largest absolute Gasteiger partial charge is 0.381 e. The zero-order valence-corrected chi connectivity index (χ0v) is 14.4. The maximum Gasteiger partial charge on any atom is 0.236 e. The molecule has 2 aliphatic rings. The molecule has 1 unspecified atom stereocenters. The second-order valence-corrected chi connectivity index (χ2v) is 8.00. The fraction of sp³-hybridized carbons (Fsp3) is 0.786. The van der Waals surface area contributed by atoms with Crippen molar-refractivity contribution in [3.63, 3.8) is 0 Å². The van der Waals surface area contributed by atoms with Crippen LogP contribution in [0.2, 0.25) is 0 Å². The van der Waals surface area contributed by atoms with Crippen molar-refractivity contribution in [3.05, 3.63) is 0 Å². The normalized spacial score (nSPS) is 23.2. The summed E-state index contributed by atoms with van der Waals surface area (Å²) in [6.07, 6.45) is 3.89. The fourth-order valence-corrected chi connectivity index (χ4v) is 4.90. The number of ether oxygens (including phenoxy) is 1. The van der Waals surface area contributed by atoms with Gasteiger partial charge in [0.25, 0.3) is 0 Å². The van der Waals surface area contributed by atoms with E-state index in [0.29, 0.717) is 6.04 Å². The summed E-state index contributed by atoms with van der Waals surface area (Å²) in [5.41, 5.74) is 0. The number of rotatable bonds is 6. The van der Waals surface area contributed by atoms with Gasteiger partial charge in [-0.15, -0.1) is 10.2 Å². The number of thioether (sulfide) groups is 1. The Kier molecular flexibility index (Phi) is 5.54. The first-order valence-electron chi connectivity index (χ1n) is 7.90. The van der Waals surface area contributed by atoms with Crippen LogP contribution in [0.4, 0.5) is 5.13 Å². The first kappa shape index (κ1) is 16.0. The Morgan fingerprint density at radius 3 is 2.95 bits per heavy atom. The summed E-state index contributed by atoms with van der Waals surface area (Å²) >= 11 is 3.10. The van der Waals surface area contributed by atoms with Crippen molar-refractivity contribution in [2.45, 2.75) is 48.2 Å². The Labute approximate surface area is 139 Å². The average molecular weight is 342 g/mol. The molecule has 8 heteroatoms. The van der Waals surface area contributed by atoms with Crippen LogP contribution in [0, 0.1) is 0 Å². The number of likely N-dealkylation sites (tertiary alicyclic amines) is 1. The van der Waals surface area contributed by atoms with Gasteiger partial charge >= 0.3 is 0 Å². The van der Waals surface area contributed by atoms with Crippen LogP contribution >= 0.6 is 23.1 Å². The third-order valence-electron chi connectivity index (χ3n) is 4.00. The average Bonchev–Trinajstić information content (AvgIpc) is 3.14. The molecule has 2 aliphatic heterocycles. The molecule has 1 N–H and O–H groups in total. The van der Waals surface area contributed by atoms with E-state index in [2.05, 4.69) is 27.3 Å². The lowest BCUT2D eigenvalue weighted by Gasteiger charge is -2.31. The molecule has 0 radical (unpaired) electrons. The fourth-order valence-electron chi connectivity index (χ4n) is 2.83. The molecule has 22 heavy (non-hydrogen) atoms. The molecule has 0 spiro atoms. The Balaban J connectivity index is 1.54. The summed E-state index contributed by atoms with van der Waals surface area (Å²) in [5, 5.41) is 12.4. The van der Waals surface area contributed by atoms with Crippen molar-refractivity contribution in [2.75, 3.05) is 31.6 Å². The van der Waals surface area contributed by atoms with Crippen molar-refractivity contribution in [3.8, 4) is 0 Å². The van der Waals surface area contributed by atoms with Crippen molar-refractivity contribution >= 4 is 34.1 Å². The highest BCUT2D eigenvalue weighted by Crippen LogP contribution is 2.35. The summed E-state index contributed by atoms with van der Waals surface area (Å²) in [6, 6.07) is 0.364. The quantitative estimate of drug-likeness (QED) is 0.855. The third-order valence-corrected chi connectivity index (χ3v) is 6.22. The van der Waals surface area contributed by atoms with Crippen LogP contribution in [-0.2, 0) is 9.53 Å². The molecule has 2 saturated heterocycles. The van der Waals surface area contributed by atoms with Gasteiger partial charge in [-0.25, -0.2) is 0 Å². The minimum absolute atomic E-state index is 0.00480. The maximum atomic E-state index is 12.6. The second-order valence-electron chi connectivity index (χ2n) is 5.57. The molecular weight excluding hydrogens is 320 g/mol. The highest BCUT2D eigenvalue weighted by Gasteiger charge is 2.37. The molecule has 122 valence electrons. The van der Waals surface area contributed by atoms with E-state index >= 15 is 0 Å². The van der Waals surface area contributed by atoms with E-state index in [0.717, 1.165) is 61.5 Å². The predicted molar refractivity (Wildman–Crippen MR) is 88.5 cm³/mol. The summed E-state index contributed by atoms with van der Waals surface area (Å²) in [4.78, 5) is 14.6. The van der Waals surface area contributed by atoms with Gasteiger partial charge < -0.3 is 15.0 Å². The van der Waals surface area contributed by atoms with Crippen molar-refractivity contribution in [1.82, 2.24) is 15.1 Å². The lowest BCUT2D eigenvalue weighted by molar-refractivity contribution is -0.130. The standard InChI is InChI=1S/C14H22N4O2S2/c1-2-6-15-13-16-17-14(22-13)21-11-3-7-18(12(11)19)10-4-8-20-9-5-10/h10-11H,2-9H2,1H3,(H,15,16). The van der Waals surface area contributed by atoms with Crippen LogP contribution < -0.4 is 5.32 Å². The number of nitrogens with zero attached hydrogens (tertiary/aromatic N) is 3. The van der Waals surface area contributed by atoms with Gasteiger partial charge in [-0.2, -0.15) is 0 Å². The first-order valence-corrected chi connectivity index (χ1v) is 9.60. The third kappa shape index (κ3) is 3.72. The van der Waals surface area contributed by atoms with Crippen LogP contribution in [0.25, 0.3) is 0 Å². The number of amides is 1. The smallest absolute Gasteiger partial charge is 0.236 e. The predicted octanol–water partition coefficient (Wildman–Crippen LogP) is 2.23. The number of hydrogen-bond acceptors (Lipinski definition) is 7. The van der Waals surface area contributed by atoms with Crippen LogP contribution in [0.3, 0.4) is 0 Å². The maximum absolute atomic E-state index is 12.6. The second kappa shape index (κ2) is 7.61. The monoisotopic (exact) mass is 342 g/mol. The van der Waals surface area contributed by atoms with Crippen LogP contribution in [-0.4, -0.2) is 58.6 Å². The molecule has 1 aromatic heterocycles. The number of carbonyl (C=O) groups excluding carboxylic acids is 1. The molecule has 0 saturated carbocycles. The molecule has 3 heterocycles. The molecular formula is C14H22N4O2S2. The zero-order chi connectivity index (χ0) is 15.4. The van der Waals surface area contributed by atoms with Crippen LogP contribution in [0.1, 0.15) is 32.6 Å². The summed E-state index contributed by atoms with van der Waals surface area (Å²) in [7, 11) is 0. The van der Waals surface area contributed by atoms with E-state index in [9.17, 15) is 4.79 Å². The van der Waals surface area contributed by atoms with Crippen LogP contribution in [0.15, 0.2) is 4.34 Å². The molecule has 0 aliphatic carbocycles. The molecule has 0 aromatic carbocycles. The van der Waals surface area contributed by atoms with E-state index in [-0.39, 0.29) is 11.2 Å². The van der Waals surface area contributed by atoms with Gasteiger partial charge in [0, 0.05) is 32.3 Å². The van der Waals surface area contributed by atoms with Gasteiger partial charge in [-0.1, -0.05) is 30.0 Å². The van der Waals surface area contributed by atoms with Crippen molar-refractivity contribution in [2.24, 2.45) is 0 Å². The van der Waals surface area contributed by atoms with Gasteiger partial charge in [0.15, 0.2) is 4.34 Å². The first-order chi connectivity index (χ1) is 10.8. The number of carbonyl (C=O) groups is 1. The van der Waals surface area contributed by atoms with Crippen LogP contribution in [0.5, 0.6) is 0 Å². The zero-order valence-electron chi connectivity index (χ0n) is 12.8. The molecule has 1 amide bonds. The van der Waals surface area contributed by atoms with Gasteiger partial charge in [-0.05, 0) is 25.7 Å². The Hall–Kier alpha value is -0.860. The Morgan fingerprint density at radius 1 is 1.36 bits per heavy atom. The number of nitrogens with one attached hydrogen (secondary N) is 1. The SMILES string of the molecule is CCCNc1nnc(SC2CCN(C3CCOCC3)C2=O)s1. The topological polar surface area (TPSA) is 67.3 Å². The molecule has 2 fully saturated rings. The number of anilines is 1. The van der Waals surface area contributed by atoms with E-state index in [4.69, 9.17) is 4.74 Å². The molecule has 0 bridgehead atoms. The lowest BCUT2D eigenvalue weighted by atomic mass is 10.1. The van der Waals surface area contributed by atoms with Gasteiger partial charge in [0.1, 0.15) is 0 Å². The molecule has 6 nitrogen and oxygen atoms in total. The van der Waals surface area contributed by atoms with Gasteiger partial charge in [0.05, 0.1) is 5.25 Å². The number of hydrogen-bond donors (Lipinski definition) is 1. The highest BCUT2D eigenvalue weighted by atomic mass is 32.2. The summed E-state index contributed by atoms with van der Waals surface area (Å²) in [5.74, 6) is 0.259. The Morgan fingerprint density at radius 2 is 2.18 bits per heavy atom. The van der Waals surface area contributed by atoms with Gasteiger partial charge in [0.2, 0.25) is 11.0 Å². The summed E-state index contributed by atoms with van der Waals surface area (Å²) < 4.78 is 6.27. The van der Waals surface area contributed by atoms with E-state index in [1.165, 1.54) is 11.3 Å². The van der Waals surface area contributed by atoms with Crippen molar-refractivity contribution < 1.29 is 9.53 Å². The minimum atomic E-state index is -0.00480. The molecule has 3 rings (SSSR count).